The van der Waals surface area contributed by atoms with Crippen molar-refractivity contribution in [3.8, 4) is 0 Å². The quantitative estimate of drug-likeness (QED) is 0.114. The summed E-state index contributed by atoms with van der Waals surface area (Å²) in [5, 5.41) is 16.8. The van der Waals surface area contributed by atoms with Crippen molar-refractivity contribution in [3.63, 3.8) is 0 Å². The van der Waals surface area contributed by atoms with E-state index in [0.29, 0.717) is 30.4 Å². The monoisotopic (exact) mass is 903 g/mol. The molecule has 10 rings (SSSR count). The lowest BCUT2D eigenvalue weighted by molar-refractivity contribution is -0.136. The van der Waals surface area contributed by atoms with Crippen molar-refractivity contribution in [2.24, 2.45) is 5.92 Å². The van der Waals surface area contributed by atoms with Gasteiger partial charge in [-0.15, -0.1) is 0 Å². The van der Waals surface area contributed by atoms with Crippen LogP contribution in [0.1, 0.15) is 112 Å². The number of aryl methyl sites for hydroxylation is 1. The fourth-order valence-electron chi connectivity index (χ4n) is 10.3. The minimum absolute atomic E-state index is 0.0132. The van der Waals surface area contributed by atoms with Gasteiger partial charge in [-0.25, -0.2) is 18.3 Å². The van der Waals surface area contributed by atoms with E-state index in [1.165, 1.54) is 22.5 Å². The maximum atomic E-state index is 14.3. The second kappa shape index (κ2) is 18.0. The third-order valence-electron chi connectivity index (χ3n) is 13.7. The molecule has 3 N–H and O–H groups in total. The van der Waals surface area contributed by atoms with Gasteiger partial charge in [0.25, 0.3) is 24.1 Å². The van der Waals surface area contributed by atoms with Gasteiger partial charge in [0.1, 0.15) is 17.4 Å². The molecule has 5 aromatic rings. The van der Waals surface area contributed by atoms with Crippen molar-refractivity contribution in [2.45, 2.75) is 95.0 Å². The van der Waals surface area contributed by atoms with Crippen molar-refractivity contribution in [3.05, 3.63) is 101 Å². The molecular weight excluding hydrogens is 853 g/mol. The van der Waals surface area contributed by atoms with Crippen LogP contribution in [0.4, 0.5) is 26.0 Å². The lowest BCUT2D eigenvalue weighted by Crippen LogP contribution is -2.54. The molecule has 4 aliphatic heterocycles. The third kappa shape index (κ3) is 8.52. The molecule has 1 saturated carbocycles. The Morgan fingerprint density at radius 2 is 1.77 bits per heavy atom. The number of carbonyl (C=O) groups excluding carboxylic acids is 5. The number of amides is 5. The summed E-state index contributed by atoms with van der Waals surface area (Å²) in [4.78, 5) is 74.6. The van der Waals surface area contributed by atoms with E-state index in [-0.39, 0.29) is 53.4 Å². The maximum Gasteiger partial charge on any atom is 0.284 e. The van der Waals surface area contributed by atoms with E-state index in [1.807, 2.05) is 18.2 Å². The number of halogens is 2. The van der Waals surface area contributed by atoms with Crippen LogP contribution < -0.4 is 20.9 Å². The van der Waals surface area contributed by atoms with Gasteiger partial charge in [-0.1, -0.05) is 30.3 Å². The summed E-state index contributed by atoms with van der Waals surface area (Å²) in [5.74, 6) is -1.52. The number of morpholine rings is 1. The van der Waals surface area contributed by atoms with Gasteiger partial charge in [-0.05, 0) is 100 Å². The topological polar surface area (TPSA) is 188 Å². The van der Waals surface area contributed by atoms with Crippen molar-refractivity contribution in [1.82, 2.24) is 39.5 Å². The van der Waals surface area contributed by atoms with E-state index < -0.39 is 47.7 Å². The predicted molar refractivity (Wildman–Crippen MR) is 237 cm³/mol. The molecule has 344 valence electrons. The minimum Gasteiger partial charge on any atom is -0.380 e. The highest BCUT2D eigenvalue weighted by molar-refractivity contribution is 6.25. The molecule has 3 aromatic heterocycles. The number of piperidine rings is 1. The summed E-state index contributed by atoms with van der Waals surface area (Å²) < 4.78 is 37.4. The number of aromatic nitrogens is 5. The Kier molecular flexibility index (Phi) is 11.8. The zero-order valence-electron chi connectivity index (χ0n) is 36.5. The number of rotatable bonds is 15. The number of nitrogens with zero attached hydrogens (tertiary/aromatic N) is 8. The summed E-state index contributed by atoms with van der Waals surface area (Å²) in [7, 11) is 2.13. The van der Waals surface area contributed by atoms with E-state index in [0.717, 1.165) is 80.9 Å². The first-order valence-corrected chi connectivity index (χ1v) is 22.7. The second-order valence-corrected chi connectivity index (χ2v) is 18.2. The zero-order chi connectivity index (χ0) is 45.6. The summed E-state index contributed by atoms with van der Waals surface area (Å²) >= 11 is 0. The molecule has 3 atom stereocenters. The highest BCUT2D eigenvalue weighted by atomic mass is 19.3. The molecule has 66 heavy (non-hydrogen) atoms. The largest absolute Gasteiger partial charge is 0.380 e. The SMILES string of the molecule is CN(CCCc1ccc(CNc2cccc3c2C(=O)N(C2CCC(=O)NC2=O)C3=O)cc1)CC1CCC(n2cc(NC(=O)c3cnn4ccc(N5C[C@H]6C[C@@H]5CO6)nc34)c(C(F)F)n2)CC1. The van der Waals surface area contributed by atoms with Gasteiger partial charge in [0.05, 0.1) is 47.8 Å². The summed E-state index contributed by atoms with van der Waals surface area (Å²) in [5.41, 5.74) is 3.24. The number of nitrogens with one attached hydrogen (secondary N) is 3. The number of benzene rings is 2. The second-order valence-electron chi connectivity index (χ2n) is 18.2. The van der Waals surface area contributed by atoms with Crippen molar-refractivity contribution < 1.29 is 37.5 Å². The van der Waals surface area contributed by atoms with Crippen LogP contribution in [0.3, 0.4) is 0 Å². The van der Waals surface area contributed by atoms with Crippen LogP contribution in [0.25, 0.3) is 5.65 Å². The van der Waals surface area contributed by atoms with Crippen LogP contribution in [0.5, 0.6) is 0 Å². The average molecular weight is 904 g/mol. The Labute approximate surface area is 378 Å². The lowest BCUT2D eigenvalue weighted by Gasteiger charge is -2.31. The van der Waals surface area contributed by atoms with Crippen LogP contribution in [-0.4, -0.2) is 115 Å². The number of ether oxygens (including phenoxy) is 1. The smallest absolute Gasteiger partial charge is 0.284 e. The van der Waals surface area contributed by atoms with Gasteiger partial charge >= 0.3 is 0 Å². The van der Waals surface area contributed by atoms with Gasteiger partial charge in [-0.2, -0.15) is 10.2 Å². The Balaban J connectivity index is 0.675. The van der Waals surface area contributed by atoms with Crippen LogP contribution >= 0.6 is 0 Å². The number of anilines is 3. The van der Waals surface area contributed by atoms with Crippen molar-refractivity contribution >= 4 is 52.4 Å². The maximum absolute atomic E-state index is 14.3. The molecule has 2 bridgehead atoms. The fraction of sp³-hybridized carbons (Fsp3) is 0.447. The van der Waals surface area contributed by atoms with Gasteiger partial charge in [0.2, 0.25) is 11.8 Å². The van der Waals surface area contributed by atoms with E-state index in [9.17, 15) is 32.8 Å². The standard InChI is InChI=1S/C47H51F2N11O6/c1-56(18-3-4-27-7-9-28(10-8-27)21-50-35-6-2-5-33-40(35)47(65)60(46(33)64)37-15-16-39(61)54-45(37)63)23-29-11-13-30(14-12-29)59-25-36(41(55-59)42(48)49)52-44(62)34-22-51-58-19-17-38(53-43(34)58)57-24-32-20-31(57)26-66-32/h2,5-10,17,19,22,25,29-32,37,42,50H,3-4,11-16,18,20-21,23-24,26H2,1H3,(H,52,62)(H,54,61,63)/t29?,30?,31-,32-,37?/m1/s1. The number of carbonyl (C=O) groups is 5. The Hall–Kier alpha value is -6.60. The molecule has 1 unspecified atom stereocenters. The Morgan fingerprint density at radius 3 is 2.52 bits per heavy atom. The Bertz CT molecular complexity index is 2700. The number of hydrogen-bond acceptors (Lipinski definition) is 12. The molecular formula is C47H51F2N11O6. The van der Waals surface area contributed by atoms with Crippen LogP contribution in [-0.2, 0) is 27.3 Å². The molecule has 17 nitrogen and oxygen atoms in total. The van der Waals surface area contributed by atoms with Crippen LogP contribution in [0.2, 0.25) is 0 Å². The van der Waals surface area contributed by atoms with Gasteiger partial charge in [-0.3, -0.25) is 38.9 Å². The zero-order valence-corrected chi connectivity index (χ0v) is 36.5. The predicted octanol–water partition coefficient (Wildman–Crippen LogP) is 5.40. The molecule has 1 aliphatic carbocycles. The summed E-state index contributed by atoms with van der Waals surface area (Å²) in [6.45, 7) is 3.65. The van der Waals surface area contributed by atoms with Crippen molar-refractivity contribution in [1.29, 1.82) is 0 Å². The van der Waals surface area contributed by atoms with E-state index in [2.05, 4.69) is 55.1 Å². The molecule has 2 aromatic carbocycles. The average Bonchev–Trinajstić information content (AvgIpc) is 4.16. The first kappa shape index (κ1) is 43.3. The molecule has 0 spiro atoms. The molecule has 4 fully saturated rings. The number of imide groups is 2. The van der Waals surface area contributed by atoms with Crippen LogP contribution in [0.15, 0.2) is 67.1 Å². The summed E-state index contributed by atoms with van der Waals surface area (Å²) in [6.07, 6.45) is 8.43. The minimum atomic E-state index is -2.87. The van der Waals surface area contributed by atoms with Gasteiger partial charge in [0.15, 0.2) is 11.3 Å². The fourth-order valence-corrected chi connectivity index (χ4v) is 10.3. The molecule has 5 amide bonds. The molecule has 0 radical (unpaired) electrons. The normalized spacial score (nSPS) is 22.8. The van der Waals surface area contributed by atoms with Crippen LogP contribution in [0, 0.1) is 5.92 Å². The highest BCUT2D eigenvalue weighted by Crippen LogP contribution is 2.37. The molecule has 3 saturated heterocycles. The van der Waals surface area contributed by atoms with E-state index in [1.54, 1.807) is 29.1 Å². The van der Waals surface area contributed by atoms with Gasteiger partial charge in [0, 0.05) is 44.1 Å². The lowest BCUT2D eigenvalue weighted by atomic mass is 9.86. The molecule has 5 aliphatic rings. The molecule has 7 heterocycles. The number of fused-ring (bicyclic) bond motifs is 4. The number of alkyl halides is 2. The third-order valence-corrected chi connectivity index (χ3v) is 13.7. The first-order valence-electron chi connectivity index (χ1n) is 22.7. The highest BCUT2D eigenvalue weighted by Gasteiger charge is 2.46. The molecule has 19 heteroatoms. The van der Waals surface area contributed by atoms with E-state index in [4.69, 9.17) is 9.72 Å². The van der Waals surface area contributed by atoms with Gasteiger partial charge < -0.3 is 25.2 Å². The Morgan fingerprint density at radius 1 is 0.970 bits per heavy atom. The van der Waals surface area contributed by atoms with Crippen molar-refractivity contribution in [2.75, 3.05) is 48.8 Å². The number of hydrogen-bond donors (Lipinski definition) is 3. The first-order chi connectivity index (χ1) is 32.0. The van der Waals surface area contributed by atoms with E-state index >= 15 is 0 Å². The summed E-state index contributed by atoms with van der Waals surface area (Å²) in [6, 6.07) is 14.3.